The van der Waals surface area contributed by atoms with Gasteiger partial charge in [0.15, 0.2) is 0 Å². The Bertz CT molecular complexity index is 551. The first-order chi connectivity index (χ1) is 7.45. The Morgan fingerprint density at radius 2 is 2.06 bits per heavy atom. The fraction of sp³-hybridized carbons (Fsp3) is 0.300. The lowest BCUT2D eigenvalue weighted by atomic mass is 10.0. The van der Waals surface area contributed by atoms with Crippen LogP contribution in [0.15, 0.2) is 23.1 Å². The van der Waals surface area contributed by atoms with E-state index in [1.807, 2.05) is 0 Å². The third-order valence-electron chi connectivity index (χ3n) is 2.72. The predicted octanol–water partition coefficient (Wildman–Crippen LogP) is 0.650. The van der Waals surface area contributed by atoms with E-state index in [9.17, 15) is 13.2 Å². The highest BCUT2D eigenvalue weighted by Crippen LogP contribution is 2.33. The van der Waals surface area contributed by atoms with Gasteiger partial charge >= 0.3 is 0 Å². The highest BCUT2D eigenvalue weighted by molar-refractivity contribution is 7.89. The van der Waals surface area contributed by atoms with Crippen molar-refractivity contribution in [1.29, 1.82) is 0 Å². The summed E-state index contributed by atoms with van der Waals surface area (Å²) in [6.07, 6.45) is 0. The van der Waals surface area contributed by atoms with E-state index in [1.165, 1.54) is 19.2 Å². The lowest BCUT2D eigenvalue weighted by Crippen LogP contribution is -2.18. The summed E-state index contributed by atoms with van der Waals surface area (Å²) < 4.78 is 25.4. The molecule has 1 aliphatic heterocycles. The third-order valence-corrected chi connectivity index (χ3v) is 4.13. The van der Waals surface area contributed by atoms with Crippen molar-refractivity contribution in [1.82, 2.24) is 4.72 Å². The quantitative estimate of drug-likeness (QED) is 0.797. The van der Waals surface area contributed by atoms with Crippen LogP contribution in [0.25, 0.3) is 0 Å². The van der Waals surface area contributed by atoms with Crippen molar-refractivity contribution in [2.75, 3.05) is 12.4 Å². The Labute approximate surface area is 93.9 Å². The summed E-state index contributed by atoms with van der Waals surface area (Å²) in [7, 11) is -2.09. The molecular formula is C10H12N2O3S. The summed E-state index contributed by atoms with van der Waals surface area (Å²) in [6, 6.07) is 4.62. The van der Waals surface area contributed by atoms with Gasteiger partial charge in [-0.2, -0.15) is 0 Å². The molecule has 0 spiro atoms. The second-order valence-electron chi connectivity index (χ2n) is 3.67. The van der Waals surface area contributed by atoms with Crippen molar-refractivity contribution in [3.05, 3.63) is 23.8 Å². The Morgan fingerprint density at radius 1 is 1.38 bits per heavy atom. The van der Waals surface area contributed by atoms with Crippen LogP contribution in [0.3, 0.4) is 0 Å². The van der Waals surface area contributed by atoms with Gasteiger partial charge in [0, 0.05) is 5.69 Å². The van der Waals surface area contributed by atoms with Gasteiger partial charge in [-0.25, -0.2) is 13.1 Å². The molecule has 1 heterocycles. The number of sulfonamides is 1. The largest absolute Gasteiger partial charge is 0.325 e. The van der Waals surface area contributed by atoms with Gasteiger partial charge in [0.2, 0.25) is 15.9 Å². The number of rotatable bonds is 2. The van der Waals surface area contributed by atoms with Gasteiger partial charge in [-0.15, -0.1) is 0 Å². The number of benzene rings is 1. The number of anilines is 1. The minimum Gasteiger partial charge on any atom is -0.325 e. The molecule has 0 aliphatic carbocycles. The second kappa shape index (κ2) is 3.57. The van der Waals surface area contributed by atoms with E-state index >= 15 is 0 Å². The zero-order valence-electron chi connectivity index (χ0n) is 8.94. The zero-order valence-corrected chi connectivity index (χ0v) is 9.76. The number of carbonyl (C=O) groups excluding carboxylic acids is 1. The maximum absolute atomic E-state index is 11.6. The lowest BCUT2D eigenvalue weighted by Gasteiger charge is -2.06. The van der Waals surface area contributed by atoms with E-state index in [2.05, 4.69) is 10.0 Å². The summed E-state index contributed by atoms with van der Waals surface area (Å²) in [5.74, 6) is -0.406. The molecule has 2 N–H and O–H groups in total. The molecule has 0 bridgehead atoms. The normalized spacial score (nSPS) is 19.4. The van der Waals surface area contributed by atoms with Gasteiger partial charge in [0.1, 0.15) is 0 Å². The van der Waals surface area contributed by atoms with Crippen molar-refractivity contribution < 1.29 is 13.2 Å². The van der Waals surface area contributed by atoms with E-state index in [0.29, 0.717) is 5.69 Å². The van der Waals surface area contributed by atoms with E-state index in [1.54, 1.807) is 13.0 Å². The molecule has 0 radical (unpaired) electrons. The highest BCUT2D eigenvalue weighted by atomic mass is 32.2. The number of amides is 1. The van der Waals surface area contributed by atoms with E-state index < -0.39 is 10.0 Å². The summed E-state index contributed by atoms with van der Waals surface area (Å²) in [5, 5.41) is 2.69. The van der Waals surface area contributed by atoms with Gasteiger partial charge in [-0.1, -0.05) is 0 Å². The van der Waals surface area contributed by atoms with Crippen molar-refractivity contribution in [3.63, 3.8) is 0 Å². The topological polar surface area (TPSA) is 75.3 Å². The molecule has 6 heteroatoms. The Morgan fingerprint density at radius 3 is 2.69 bits per heavy atom. The maximum atomic E-state index is 11.6. The summed E-state index contributed by atoms with van der Waals surface area (Å²) >= 11 is 0. The van der Waals surface area contributed by atoms with Crippen LogP contribution < -0.4 is 10.0 Å². The maximum Gasteiger partial charge on any atom is 0.240 e. The Kier molecular flexibility index (Phi) is 2.47. The van der Waals surface area contributed by atoms with Crippen molar-refractivity contribution in [2.24, 2.45) is 0 Å². The highest BCUT2D eigenvalue weighted by Gasteiger charge is 2.27. The van der Waals surface area contributed by atoms with E-state index in [-0.39, 0.29) is 16.7 Å². The number of carbonyl (C=O) groups is 1. The molecule has 2 rings (SSSR count). The molecule has 0 fully saturated rings. The van der Waals surface area contributed by atoms with E-state index in [4.69, 9.17) is 0 Å². The van der Waals surface area contributed by atoms with Gasteiger partial charge in [-0.05, 0) is 37.7 Å². The SMILES string of the molecule is CNS(=O)(=O)c1ccc2c(c1)[C@H](C)C(=O)N2. The summed E-state index contributed by atoms with van der Waals surface area (Å²) in [6.45, 7) is 1.75. The second-order valence-corrected chi connectivity index (χ2v) is 5.55. The first-order valence-electron chi connectivity index (χ1n) is 4.84. The number of hydrogen-bond acceptors (Lipinski definition) is 3. The molecule has 5 nitrogen and oxygen atoms in total. The first kappa shape index (κ1) is 11.1. The average molecular weight is 240 g/mol. The molecule has 0 aromatic heterocycles. The van der Waals surface area contributed by atoms with Crippen LogP contribution in [0.4, 0.5) is 5.69 Å². The van der Waals surface area contributed by atoms with Crippen molar-refractivity contribution in [3.8, 4) is 0 Å². The molecule has 1 aliphatic rings. The van der Waals surface area contributed by atoms with Gasteiger partial charge < -0.3 is 5.32 Å². The molecule has 1 amide bonds. The van der Waals surface area contributed by atoms with Gasteiger partial charge in [0.25, 0.3) is 0 Å². The number of fused-ring (bicyclic) bond motifs is 1. The number of hydrogen-bond donors (Lipinski definition) is 2. The van der Waals surface area contributed by atoms with Gasteiger partial charge in [0.05, 0.1) is 10.8 Å². The molecule has 1 aromatic rings. The molecule has 0 unspecified atom stereocenters. The fourth-order valence-corrected chi connectivity index (χ4v) is 2.45. The molecule has 86 valence electrons. The minimum atomic E-state index is -3.45. The standard InChI is InChI=1S/C10H12N2O3S/c1-6-8-5-7(16(14,15)11-2)3-4-9(8)12-10(6)13/h3-6,11H,1-2H3,(H,12,13)/t6-/m0/s1. The summed E-state index contributed by atoms with van der Waals surface area (Å²) in [4.78, 5) is 11.6. The van der Waals surface area contributed by atoms with Crippen LogP contribution in [0.1, 0.15) is 18.4 Å². The minimum absolute atomic E-state index is 0.103. The van der Waals surface area contributed by atoms with E-state index in [0.717, 1.165) is 5.56 Å². The monoisotopic (exact) mass is 240 g/mol. The van der Waals surface area contributed by atoms with Crippen LogP contribution in [-0.4, -0.2) is 21.4 Å². The van der Waals surface area contributed by atoms with Crippen LogP contribution in [0, 0.1) is 0 Å². The fourth-order valence-electron chi connectivity index (χ4n) is 1.68. The third kappa shape index (κ3) is 1.60. The van der Waals surface area contributed by atoms with Crippen LogP contribution in [0.2, 0.25) is 0 Å². The lowest BCUT2D eigenvalue weighted by molar-refractivity contribution is -0.116. The summed E-state index contributed by atoms with van der Waals surface area (Å²) in [5.41, 5.74) is 1.41. The van der Waals surface area contributed by atoms with Crippen molar-refractivity contribution in [2.45, 2.75) is 17.7 Å². The smallest absolute Gasteiger partial charge is 0.240 e. The average Bonchev–Trinajstić information content (AvgIpc) is 2.55. The Hall–Kier alpha value is -1.40. The Balaban J connectivity index is 2.54. The predicted molar refractivity (Wildman–Crippen MR) is 59.7 cm³/mol. The molecule has 1 atom stereocenters. The molecule has 16 heavy (non-hydrogen) atoms. The van der Waals surface area contributed by atoms with Gasteiger partial charge in [-0.3, -0.25) is 4.79 Å². The molecule has 1 aromatic carbocycles. The van der Waals surface area contributed by atoms with Crippen molar-refractivity contribution >= 4 is 21.6 Å². The van der Waals surface area contributed by atoms with Crippen LogP contribution in [-0.2, 0) is 14.8 Å². The zero-order chi connectivity index (χ0) is 11.9. The number of nitrogens with one attached hydrogen (secondary N) is 2. The van der Waals surface area contributed by atoms with Crippen LogP contribution in [0.5, 0.6) is 0 Å². The van der Waals surface area contributed by atoms with Crippen LogP contribution >= 0.6 is 0 Å². The molecule has 0 saturated heterocycles. The first-order valence-corrected chi connectivity index (χ1v) is 6.32. The molecular weight excluding hydrogens is 228 g/mol. The molecule has 0 saturated carbocycles.